The predicted molar refractivity (Wildman–Crippen MR) is 92.2 cm³/mol. The first-order valence-corrected chi connectivity index (χ1v) is 9.02. The van der Waals surface area contributed by atoms with Crippen molar-refractivity contribution >= 4 is 17.7 Å². The van der Waals surface area contributed by atoms with Gasteiger partial charge in [0.25, 0.3) is 5.91 Å². The molecule has 0 radical (unpaired) electrons. The number of hydrogen-bond donors (Lipinski definition) is 0. The summed E-state index contributed by atoms with van der Waals surface area (Å²) in [6.07, 6.45) is 0. The van der Waals surface area contributed by atoms with Gasteiger partial charge in [-0.05, 0) is 44.2 Å². The standard InChI is InChI=1S/C18H21NO3S/c1-3-21-15-6-4-5-14(11-15)18(20)19-9-10-23-12-16(19)17-8-7-13(2)22-17/h4-8,11,16H,3,9-10,12H2,1-2H3/t16-/m1/s1. The SMILES string of the molecule is CCOc1cccc(C(=O)N2CCSC[C@@H]2c2ccc(C)o2)c1. The molecule has 0 bridgehead atoms. The van der Waals surface area contributed by atoms with Crippen molar-refractivity contribution in [2.24, 2.45) is 0 Å². The molecule has 5 heteroatoms. The van der Waals surface area contributed by atoms with Gasteiger partial charge >= 0.3 is 0 Å². The van der Waals surface area contributed by atoms with Gasteiger partial charge in [0.2, 0.25) is 0 Å². The maximum Gasteiger partial charge on any atom is 0.254 e. The van der Waals surface area contributed by atoms with Crippen molar-refractivity contribution < 1.29 is 13.9 Å². The first-order chi connectivity index (χ1) is 11.2. The van der Waals surface area contributed by atoms with E-state index in [-0.39, 0.29) is 11.9 Å². The molecule has 1 aromatic carbocycles. The number of hydrogen-bond acceptors (Lipinski definition) is 4. The Morgan fingerprint density at radius 1 is 1.39 bits per heavy atom. The number of aryl methyl sites for hydroxylation is 1. The number of thioether (sulfide) groups is 1. The summed E-state index contributed by atoms with van der Waals surface area (Å²) in [6.45, 7) is 5.18. The summed E-state index contributed by atoms with van der Waals surface area (Å²) in [7, 11) is 0. The van der Waals surface area contributed by atoms with Gasteiger partial charge in [-0.15, -0.1) is 0 Å². The molecule has 3 rings (SSSR count). The van der Waals surface area contributed by atoms with Gasteiger partial charge in [0.1, 0.15) is 17.3 Å². The summed E-state index contributed by atoms with van der Waals surface area (Å²) < 4.78 is 11.3. The van der Waals surface area contributed by atoms with E-state index < -0.39 is 0 Å². The molecule has 0 aliphatic carbocycles. The molecule has 0 saturated carbocycles. The molecule has 122 valence electrons. The lowest BCUT2D eigenvalue weighted by molar-refractivity contribution is 0.0681. The second kappa shape index (κ2) is 7.13. The predicted octanol–water partition coefficient (Wildman–Crippen LogP) is 3.92. The van der Waals surface area contributed by atoms with Crippen molar-refractivity contribution in [3.8, 4) is 5.75 Å². The van der Waals surface area contributed by atoms with Crippen LogP contribution < -0.4 is 4.74 Å². The number of carbonyl (C=O) groups is 1. The summed E-state index contributed by atoms with van der Waals surface area (Å²) >= 11 is 1.86. The third kappa shape index (κ3) is 3.55. The van der Waals surface area contributed by atoms with E-state index in [2.05, 4.69) is 0 Å². The Bertz CT molecular complexity index is 682. The number of ether oxygens (including phenoxy) is 1. The Labute approximate surface area is 140 Å². The summed E-state index contributed by atoms with van der Waals surface area (Å²) in [6, 6.07) is 11.3. The number of nitrogens with zero attached hydrogens (tertiary/aromatic N) is 1. The second-order valence-corrected chi connectivity index (χ2v) is 6.65. The van der Waals surface area contributed by atoms with Gasteiger partial charge in [-0.25, -0.2) is 0 Å². The summed E-state index contributed by atoms with van der Waals surface area (Å²) in [5.74, 6) is 4.32. The Balaban J connectivity index is 1.85. The highest BCUT2D eigenvalue weighted by molar-refractivity contribution is 7.99. The van der Waals surface area contributed by atoms with Crippen LogP contribution in [0.25, 0.3) is 0 Å². The van der Waals surface area contributed by atoms with Crippen molar-refractivity contribution in [1.29, 1.82) is 0 Å². The fraction of sp³-hybridized carbons (Fsp3) is 0.389. The van der Waals surface area contributed by atoms with Crippen LogP contribution in [0.3, 0.4) is 0 Å². The highest BCUT2D eigenvalue weighted by Gasteiger charge is 2.31. The molecule has 1 saturated heterocycles. The normalized spacial score (nSPS) is 18.0. The zero-order valence-electron chi connectivity index (χ0n) is 13.5. The average Bonchev–Trinajstić information content (AvgIpc) is 3.01. The number of benzene rings is 1. The maximum absolute atomic E-state index is 13.0. The molecule has 1 aliphatic rings. The quantitative estimate of drug-likeness (QED) is 0.852. The Kier molecular flexibility index (Phi) is 4.96. The molecule has 1 amide bonds. The van der Waals surface area contributed by atoms with Gasteiger partial charge in [0.05, 0.1) is 12.6 Å². The monoisotopic (exact) mass is 331 g/mol. The van der Waals surface area contributed by atoms with Crippen LogP contribution in [0.2, 0.25) is 0 Å². The number of amides is 1. The van der Waals surface area contributed by atoms with E-state index >= 15 is 0 Å². The second-order valence-electron chi connectivity index (χ2n) is 5.50. The van der Waals surface area contributed by atoms with Crippen LogP contribution in [0.4, 0.5) is 0 Å². The van der Waals surface area contributed by atoms with E-state index in [1.165, 1.54) is 0 Å². The van der Waals surface area contributed by atoms with E-state index in [0.717, 1.165) is 35.3 Å². The van der Waals surface area contributed by atoms with Crippen LogP contribution in [0.5, 0.6) is 5.75 Å². The summed E-state index contributed by atoms with van der Waals surface area (Å²) in [5.41, 5.74) is 0.663. The number of carbonyl (C=O) groups excluding carboxylic acids is 1. The van der Waals surface area contributed by atoms with Gasteiger partial charge in [0, 0.05) is 23.6 Å². The lowest BCUT2D eigenvalue weighted by Gasteiger charge is -2.34. The lowest BCUT2D eigenvalue weighted by atomic mass is 10.1. The Morgan fingerprint density at radius 2 is 2.26 bits per heavy atom. The van der Waals surface area contributed by atoms with Crippen LogP contribution in [0, 0.1) is 6.92 Å². The molecular formula is C18H21NO3S. The zero-order valence-corrected chi connectivity index (χ0v) is 14.3. The van der Waals surface area contributed by atoms with Crippen molar-refractivity contribution in [3.63, 3.8) is 0 Å². The fourth-order valence-electron chi connectivity index (χ4n) is 2.77. The maximum atomic E-state index is 13.0. The van der Waals surface area contributed by atoms with Crippen LogP contribution in [0.15, 0.2) is 40.8 Å². The summed E-state index contributed by atoms with van der Waals surface area (Å²) in [5, 5.41) is 0. The zero-order chi connectivity index (χ0) is 16.2. The van der Waals surface area contributed by atoms with Gasteiger partial charge < -0.3 is 14.1 Å². The largest absolute Gasteiger partial charge is 0.494 e. The Hall–Kier alpha value is -1.88. The van der Waals surface area contributed by atoms with Crippen molar-refractivity contribution in [3.05, 3.63) is 53.5 Å². The van der Waals surface area contributed by atoms with Gasteiger partial charge in [-0.2, -0.15) is 11.8 Å². The molecule has 23 heavy (non-hydrogen) atoms. The average molecular weight is 331 g/mol. The topological polar surface area (TPSA) is 42.7 Å². The van der Waals surface area contributed by atoms with Crippen LogP contribution in [-0.2, 0) is 0 Å². The smallest absolute Gasteiger partial charge is 0.254 e. The Morgan fingerprint density at radius 3 is 3.00 bits per heavy atom. The highest BCUT2D eigenvalue weighted by atomic mass is 32.2. The molecule has 0 N–H and O–H groups in total. The minimum absolute atomic E-state index is 0.00861. The molecule has 4 nitrogen and oxygen atoms in total. The molecule has 2 heterocycles. The van der Waals surface area contributed by atoms with E-state index in [4.69, 9.17) is 9.15 Å². The number of furan rings is 1. The third-order valence-corrected chi connectivity index (χ3v) is 4.89. The minimum atomic E-state index is -0.00861. The molecule has 0 spiro atoms. The van der Waals surface area contributed by atoms with Crippen molar-refractivity contribution in [1.82, 2.24) is 4.90 Å². The van der Waals surface area contributed by atoms with E-state index in [1.807, 2.05) is 66.9 Å². The van der Waals surface area contributed by atoms with Gasteiger partial charge in [-0.3, -0.25) is 4.79 Å². The van der Waals surface area contributed by atoms with E-state index in [1.54, 1.807) is 0 Å². The molecule has 0 unspecified atom stereocenters. The molecular weight excluding hydrogens is 310 g/mol. The minimum Gasteiger partial charge on any atom is -0.494 e. The van der Waals surface area contributed by atoms with E-state index in [0.29, 0.717) is 12.2 Å². The van der Waals surface area contributed by atoms with Gasteiger partial charge in [0.15, 0.2) is 0 Å². The molecule has 1 fully saturated rings. The van der Waals surface area contributed by atoms with Crippen LogP contribution in [0.1, 0.15) is 34.8 Å². The summed E-state index contributed by atoms with van der Waals surface area (Å²) in [4.78, 5) is 14.9. The molecule has 1 atom stereocenters. The first-order valence-electron chi connectivity index (χ1n) is 7.87. The van der Waals surface area contributed by atoms with Crippen molar-refractivity contribution in [2.45, 2.75) is 19.9 Å². The van der Waals surface area contributed by atoms with E-state index in [9.17, 15) is 4.79 Å². The van der Waals surface area contributed by atoms with Gasteiger partial charge in [-0.1, -0.05) is 6.07 Å². The molecule has 1 aromatic heterocycles. The first kappa shape index (κ1) is 16.0. The third-order valence-electron chi connectivity index (χ3n) is 3.87. The number of rotatable bonds is 4. The molecule has 2 aromatic rings. The fourth-order valence-corrected chi connectivity index (χ4v) is 3.83. The highest BCUT2D eigenvalue weighted by Crippen LogP contribution is 2.32. The van der Waals surface area contributed by atoms with Crippen molar-refractivity contribution in [2.75, 3.05) is 24.7 Å². The van der Waals surface area contributed by atoms with Crippen LogP contribution >= 0.6 is 11.8 Å². The van der Waals surface area contributed by atoms with Crippen LogP contribution in [-0.4, -0.2) is 35.5 Å². The lowest BCUT2D eigenvalue weighted by Crippen LogP contribution is -2.40. The molecule has 1 aliphatic heterocycles.